The number of hydrogen-bond donors (Lipinski definition) is 1. The molecule has 0 unspecified atom stereocenters. The summed E-state index contributed by atoms with van der Waals surface area (Å²) in [5, 5.41) is 3.34. The summed E-state index contributed by atoms with van der Waals surface area (Å²) in [6.45, 7) is 7.42. The zero-order valence-corrected chi connectivity index (χ0v) is 10.0. The van der Waals surface area contributed by atoms with Gasteiger partial charge in [0.15, 0.2) is 0 Å². The summed E-state index contributed by atoms with van der Waals surface area (Å²) >= 11 is 0. The summed E-state index contributed by atoms with van der Waals surface area (Å²) in [6, 6.07) is 0. The van der Waals surface area contributed by atoms with Crippen molar-refractivity contribution >= 4 is 0 Å². The van der Waals surface area contributed by atoms with E-state index in [9.17, 15) is 0 Å². The third-order valence-electron chi connectivity index (χ3n) is 2.30. The lowest BCUT2D eigenvalue weighted by Gasteiger charge is -2.16. The van der Waals surface area contributed by atoms with Crippen molar-refractivity contribution in [1.82, 2.24) is 10.2 Å². The minimum atomic E-state index is 0.805. The van der Waals surface area contributed by atoms with Crippen molar-refractivity contribution < 1.29 is 4.74 Å². The summed E-state index contributed by atoms with van der Waals surface area (Å²) in [6.07, 6.45) is 3.98. The molecule has 0 spiro atoms. The van der Waals surface area contributed by atoms with Crippen molar-refractivity contribution in [2.75, 3.05) is 46.9 Å². The zero-order valence-electron chi connectivity index (χ0n) is 10.0. The second-order valence-electron chi connectivity index (χ2n) is 3.75. The summed E-state index contributed by atoms with van der Waals surface area (Å²) in [5.41, 5.74) is 0. The van der Waals surface area contributed by atoms with Gasteiger partial charge in [-0.1, -0.05) is 19.8 Å². The van der Waals surface area contributed by atoms with Crippen LogP contribution in [0.4, 0.5) is 0 Å². The van der Waals surface area contributed by atoms with Crippen molar-refractivity contribution in [3.8, 4) is 0 Å². The van der Waals surface area contributed by atoms with Crippen LogP contribution in [0.25, 0.3) is 0 Å². The molecule has 0 aromatic carbocycles. The van der Waals surface area contributed by atoms with Crippen LogP contribution in [-0.2, 0) is 4.74 Å². The molecule has 14 heavy (non-hydrogen) atoms. The molecule has 0 aliphatic heterocycles. The molecule has 86 valence electrons. The van der Waals surface area contributed by atoms with Crippen LogP contribution < -0.4 is 5.32 Å². The van der Waals surface area contributed by atoms with Gasteiger partial charge in [-0.2, -0.15) is 0 Å². The highest BCUT2D eigenvalue weighted by molar-refractivity contribution is 4.54. The van der Waals surface area contributed by atoms with Gasteiger partial charge in [0, 0.05) is 26.7 Å². The van der Waals surface area contributed by atoms with Gasteiger partial charge >= 0.3 is 0 Å². The Morgan fingerprint density at radius 1 is 1.14 bits per heavy atom. The van der Waals surface area contributed by atoms with Gasteiger partial charge in [0.05, 0.1) is 6.61 Å². The van der Waals surface area contributed by atoms with E-state index in [4.69, 9.17) is 4.74 Å². The fourth-order valence-corrected chi connectivity index (χ4v) is 1.31. The number of nitrogens with one attached hydrogen (secondary N) is 1. The molecule has 0 rings (SSSR count). The monoisotopic (exact) mass is 202 g/mol. The van der Waals surface area contributed by atoms with E-state index in [1.165, 1.54) is 25.8 Å². The Balaban J connectivity index is 3.06. The number of hydrogen-bond acceptors (Lipinski definition) is 3. The molecular formula is C11H26N2O. The molecule has 0 aromatic rings. The highest BCUT2D eigenvalue weighted by Gasteiger charge is 1.96. The molecule has 0 amide bonds. The van der Waals surface area contributed by atoms with Gasteiger partial charge in [0.25, 0.3) is 0 Å². The molecule has 3 nitrogen and oxygen atoms in total. The Morgan fingerprint density at radius 2 is 1.93 bits per heavy atom. The fraction of sp³-hybridized carbons (Fsp3) is 1.00. The molecule has 0 atom stereocenters. The lowest BCUT2D eigenvalue weighted by Crippen LogP contribution is -2.31. The standard InChI is InChI=1S/C11H26N2O/c1-4-5-6-9-13(2)10-7-12-8-11-14-3/h12H,4-11H2,1-3H3. The summed E-state index contributed by atoms with van der Waals surface area (Å²) in [4.78, 5) is 2.38. The van der Waals surface area contributed by atoms with Gasteiger partial charge in [-0.3, -0.25) is 0 Å². The minimum Gasteiger partial charge on any atom is -0.383 e. The highest BCUT2D eigenvalue weighted by atomic mass is 16.5. The Hall–Kier alpha value is -0.120. The predicted octanol–water partition coefficient (Wildman–Crippen LogP) is 1.34. The largest absolute Gasteiger partial charge is 0.383 e. The van der Waals surface area contributed by atoms with Crippen molar-refractivity contribution in [1.29, 1.82) is 0 Å². The molecule has 0 saturated heterocycles. The van der Waals surface area contributed by atoms with E-state index in [0.717, 1.165) is 26.2 Å². The van der Waals surface area contributed by atoms with Crippen LogP contribution in [0, 0.1) is 0 Å². The van der Waals surface area contributed by atoms with E-state index in [2.05, 4.69) is 24.2 Å². The van der Waals surface area contributed by atoms with Crippen LogP contribution in [-0.4, -0.2) is 51.8 Å². The molecule has 0 aliphatic carbocycles. The van der Waals surface area contributed by atoms with Gasteiger partial charge < -0.3 is 15.0 Å². The maximum absolute atomic E-state index is 4.95. The van der Waals surface area contributed by atoms with Crippen LogP contribution in [0.1, 0.15) is 26.2 Å². The van der Waals surface area contributed by atoms with Gasteiger partial charge in [-0.15, -0.1) is 0 Å². The van der Waals surface area contributed by atoms with E-state index in [0.29, 0.717) is 0 Å². The van der Waals surface area contributed by atoms with Gasteiger partial charge in [-0.25, -0.2) is 0 Å². The summed E-state index contributed by atoms with van der Waals surface area (Å²) < 4.78 is 4.95. The molecule has 0 bridgehead atoms. The second kappa shape index (κ2) is 11.0. The van der Waals surface area contributed by atoms with Gasteiger partial charge in [0.2, 0.25) is 0 Å². The van der Waals surface area contributed by atoms with E-state index >= 15 is 0 Å². The fourth-order valence-electron chi connectivity index (χ4n) is 1.31. The van der Waals surface area contributed by atoms with E-state index in [-0.39, 0.29) is 0 Å². The average Bonchev–Trinajstić information content (AvgIpc) is 2.18. The van der Waals surface area contributed by atoms with Crippen LogP contribution in [0.3, 0.4) is 0 Å². The van der Waals surface area contributed by atoms with Crippen molar-refractivity contribution in [2.45, 2.75) is 26.2 Å². The van der Waals surface area contributed by atoms with Crippen molar-refractivity contribution in [2.24, 2.45) is 0 Å². The number of nitrogens with zero attached hydrogens (tertiary/aromatic N) is 1. The first-order valence-electron chi connectivity index (χ1n) is 5.69. The third kappa shape index (κ3) is 9.96. The Morgan fingerprint density at radius 3 is 2.57 bits per heavy atom. The van der Waals surface area contributed by atoms with Gasteiger partial charge in [0.1, 0.15) is 0 Å². The third-order valence-corrected chi connectivity index (χ3v) is 2.30. The molecule has 1 N–H and O–H groups in total. The first kappa shape index (κ1) is 13.9. The van der Waals surface area contributed by atoms with Crippen molar-refractivity contribution in [3.05, 3.63) is 0 Å². The van der Waals surface area contributed by atoms with Crippen LogP contribution in [0.2, 0.25) is 0 Å². The number of rotatable bonds is 10. The number of ether oxygens (including phenoxy) is 1. The lowest BCUT2D eigenvalue weighted by molar-refractivity contribution is 0.197. The Labute approximate surface area is 88.8 Å². The number of likely N-dealkylation sites (N-methyl/N-ethyl adjacent to an activating group) is 1. The first-order valence-corrected chi connectivity index (χ1v) is 5.69. The normalized spacial score (nSPS) is 11.1. The van der Waals surface area contributed by atoms with E-state index < -0.39 is 0 Å². The van der Waals surface area contributed by atoms with E-state index in [1.54, 1.807) is 7.11 Å². The molecule has 0 fully saturated rings. The first-order chi connectivity index (χ1) is 6.81. The number of methoxy groups -OCH3 is 1. The highest BCUT2D eigenvalue weighted by Crippen LogP contribution is 1.95. The van der Waals surface area contributed by atoms with Gasteiger partial charge in [-0.05, 0) is 20.0 Å². The Bertz CT molecular complexity index is 109. The molecule has 0 aliphatic rings. The van der Waals surface area contributed by atoms with Crippen molar-refractivity contribution in [3.63, 3.8) is 0 Å². The quantitative estimate of drug-likeness (QED) is 0.541. The van der Waals surface area contributed by atoms with Crippen LogP contribution in [0.15, 0.2) is 0 Å². The maximum atomic E-state index is 4.95. The topological polar surface area (TPSA) is 24.5 Å². The summed E-state index contributed by atoms with van der Waals surface area (Å²) in [5.74, 6) is 0. The molecule has 0 saturated carbocycles. The second-order valence-corrected chi connectivity index (χ2v) is 3.75. The Kier molecular flexibility index (Phi) is 10.9. The molecular weight excluding hydrogens is 176 g/mol. The summed E-state index contributed by atoms with van der Waals surface area (Å²) in [7, 11) is 3.92. The molecule has 0 aromatic heterocycles. The molecule has 0 radical (unpaired) electrons. The smallest absolute Gasteiger partial charge is 0.0587 e. The number of unbranched alkanes of at least 4 members (excludes halogenated alkanes) is 2. The zero-order chi connectivity index (χ0) is 10.6. The lowest BCUT2D eigenvalue weighted by atomic mass is 10.2. The molecule has 0 heterocycles. The predicted molar refractivity (Wildman–Crippen MR) is 61.8 cm³/mol. The average molecular weight is 202 g/mol. The minimum absolute atomic E-state index is 0.805. The van der Waals surface area contributed by atoms with Crippen LogP contribution >= 0.6 is 0 Å². The maximum Gasteiger partial charge on any atom is 0.0587 e. The van der Waals surface area contributed by atoms with Crippen LogP contribution in [0.5, 0.6) is 0 Å². The SMILES string of the molecule is CCCCCN(C)CCNCCOC. The van der Waals surface area contributed by atoms with E-state index in [1.807, 2.05) is 0 Å². The molecule has 3 heteroatoms.